The van der Waals surface area contributed by atoms with Crippen molar-refractivity contribution in [3.63, 3.8) is 0 Å². The zero-order chi connectivity index (χ0) is 21.1. The molecule has 0 bridgehead atoms. The molecule has 4 rings (SSSR count). The molecule has 0 aliphatic heterocycles. The Morgan fingerprint density at radius 2 is 1.70 bits per heavy atom. The number of carbonyl (C=O) groups excluding carboxylic acids is 1. The van der Waals surface area contributed by atoms with Crippen LogP contribution in [0.2, 0.25) is 5.02 Å². The predicted molar refractivity (Wildman–Crippen MR) is 116 cm³/mol. The fourth-order valence-corrected chi connectivity index (χ4v) is 3.15. The van der Waals surface area contributed by atoms with Crippen molar-refractivity contribution in [2.45, 2.75) is 0 Å². The maximum absolute atomic E-state index is 13.4. The lowest BCUT2D eigenvalue weighted by molar-refractivity contribution is -0.112. The first kappa shape index (κ1) is 19.5. The van der Waals surface area contributed by atoms with Crippen molar-refractivity contribution >= 4 is 34.5 Å². The van der Waals surface area contributed by atoms with Crippen molar-refractivity contribution in [2.24, 2.45) is 0 Å². The summed E-state index contributed by atoms with van der Waals surface area (Å²) in [6, 6.07) is 19.4. The molecule has 0 saturated carbocycles. The van der Waals surface area contributed by atoms with E-state index in [4.69, 9.17) is 11.6 Å². The summed E-state index contributed by atoms with van der Waals surface area (Å²) in [5.74, 6) is -0.768. The Bertz CT molecular complexity index is 1330. The maximum Gasteiger partial charge on any atom is 0.280 e. The van der Waals surface area contributed by atoms with Gasteiger partial charge < -0.3 is 0 Å². The van der Waals surface area contributed by atoms with Crippen molar-refractivity contribution in [2.75, 3.05) is 5.43 Å². The van der Waals surface area contributed by atoms with Crippen LogP contribution in [-0.4, -0.2) is 15.6 Å². The van der Waals surface area contributed by atoms with Gasteiger partial charge in [0.25, 0.3) is 11.5 Å². The average Bonchev–Trinajstić information content (AvgIpc) is 2.76. The first-order chi connectivity index (χ1) is 14.5. The quantitative estimate of drug-likeness (QED) is 0.490. The lowest BCUT2D eigenvalue weighted by Crippen LogP contribution is -2.34. The molecule has 0 unspecified atom stereocenters. The molecule has 0 radical (unpaired) electrons. The Morgan fingerprint density at radius 3 is 2.47 bits per heavy atom. The van der Waals surface area contributed by atoms with Gasteiger partial charge in [0.2, 0.25) is 0 Å². The van der Waals surface area contributed by atoms with E-state index in [2.05, 4.69) is 10.4 Å². The minimum atomic E-state index is -0.544. The highest BCUT2D eigenvalue weighted by Gasteiger charge is 2.14. The van der Waals surface area contributed by atoms with E-state index in [0.717, 1.165) is 4.68 Å². The van der Waals surface area contributed by atoms with Crippen LogP contribution in [0.5, 0.6) is 0 Å². The Balaban J connectivity index is 1.77. The van der Waals surface area contributed by atoms with Crippen molar-refractivity contribution in [1.29, 1.82) is 0 Å². The highest BCUT2D eigenvalue weighted by Crippen LogP contribution is 2.19. The van der Waals surface area contributed by atoms with Gasteiger partial charge in [0.1, 0.15) is 5.82 Å². The monoisotopic (exact) mass is 419 g/mol. The van der Waals surface area contributed by atoms with Crippen LogP contribution in [0.15, 0.2) is 83.7 Å². The Morgan fingerprint density at radius 1 is 1.00 bits per heavy atom. The number of nitrogens with zero attached hydrogens (tertiary/aromatic N) is 2. The molecule has 30 heavy (non-hydrogen) atoms. The number of rotatable bonds is 4. The molecule has 0 aliphatic carbocycles. The third-order valence-corrected chi connectivity index (χ3v) is 4.76. The summed E-state index contributed by atoms with van der Waals surface area (Å²) < 4.78 is 14.4. The van der Waals surface area contributed by atoms with Crippen LogP contribution >= 0.6 is 11.6 Å². The molecule has 4 aromatic rings. The number of hydrogen-bond donors (Lipinski definition) is 1. The molecular weight excluding hydrogens is 405 g/mol. The van der Waals surface area contributed by atoms with Gasteiger partial charge in [0, 0.05) is 16.7 Å². The predicted octanol–water partition coefficient (Wildman–Crippen LogP) is 4.64. The standard InChI is InChI=1S/C23H15ClFN3O2/c24-19-7-3-1-5-15(19)11-14-21(29)27-28-22(16-9-12-17(25)13-10-16)26-20-8-4-2-6-18(20)23(28)30/h1-14H,(H,27,29)/b14-11+. The van der Waals surface area contributed by atoms with Crippen LogP contribution in [0.25, 0.3) is 28.4 Å². The minimum Gasteiger partial charge on any atom is -0.268 e. The number of fused-ring (bicyclic) bond motifs is 1. The van der Waals surface area contributed by atoms with E-state index in [-0.39, 0.29) is 5.82 Å². The SMILES string of the molecule is O=C(/C=C/c1ccccc1Cl)Nn1c(-c2ccc(F)cc2)nc2ccccc2c1=O. The first-order valence-corrected chi connectivity index (χ1v) is 9.42. The molecular formula is C23H15ClFN3O2. The number of nitrogens with one attached hydrogen (secondary N) is 1. The molecule has 1 N–H and O–H groups in total. The van der Waals surface area contributed by atoms with Gasteiger partial charge in [-0.25, -0.2) is 9.37 Å². The first-order valence-electron chi connectivity index (χ1n) is 9.04. The van der Waals surface area contributed by atoms with E-state index in [1.165, 1.54) is 30.3 Å². The number of para-hydroxylation sites is 1. The van der Waals surface area contributed by atoms with Crippen molar-refractivity contribution in [3.8, 4) is 11.4 Å². The highest BCUT2D eigenvalue weighted by atomic mass is 35.5. The van der Waals surface area contributed by atoms with E-state index < -0.39 is 17.3 Å². The molecule has 7 heteroatoms. The Labute approximate surface area is 176 Å². The van der Waals surface area contributed by atoms with E-state index in [0.29, 0.717) is 27.1 Å². The number of aromatic nitrogens is 2. The molecule has 1 amide bonds. The normalized spacial score (nSPS) is 11.1. The zero-order valence-electron chi connectivity index (χ0n) is 15.5. The van der Waals surface area contributed by atoms with Gasteiger partial charge in [-0.2, -0.15) is 4.68 Å². The second kappa shape index (κ2) is 8.31. The van der Waals surface area contributed by atoms with Crippen LogP contribution in [0.3, 0.4) is 0 Å². The summed E-state index contributed by atoms with van der Waals surface area (Å²) in [5.41, 5.74) is 3.72. The summed E-state index contributed by atoms with van der Waals surface area (Å²) in [6.45, 7) is 0. The Hall–Kier alpha value is -3.77. The van der Waals surface area contributed by atoms with Gasteiger partial charge in [-0.3, -0.25) is 15.0 Å². The number of benzene rings is 3. The molecule has 5 nitrogen and oxygen atoms in total. The smallest absolute Gasteiger partial charge is 0.268 e. The summed E-state index contributed by atoms with van der Waals surface area (Å²) >= 11 is 6.10. The largest absolute Gasteiger partial charge is 0.280 e. The van der Waals surface area contributed by atoms with Crippen LogP contribution in [-0.2, 0) is 4.79 Å². The second-order valence-corrected chi connectivity index (χ2v) is 6.84. The van der Waals surface area contributed by atoms with Crippen LogP contribution in [0.4, 0.5) is 4.39 Å². The third-order valence-electron chi connectivity index (χ3n) is 4.42. The van der Waals surface area contributed by atoms with Gasteiger partial charge in [-0.15, -0.1) is 0 Å². The number of amides is 1. The number of carbonyl (C=O) groups is 1. The lowest BCUT2D eigenvalue weighted by Gasteiger charge is -2.13. The number of hydrogen-bond acceptors (Lipinski definition) is 3. The molecule has 148 valence electrons. The van der Waals surface area contributed by atoms with E-state index in [1.807, 2.05) is 0 Å². The van der Waals surface area contributed by atoms with Crippen molar-refractivity contribution in [3.05, 3.63) is 106 Å². The van der Waals surface area contributed by atoms with Gasteiger partial charge in [-0.05, 0) is 54.1 Å². The molecule has 0 fully saturated rings. The fourth-order valence-electron chi connectivity index (χ4n) is 2.95. The number of halogens is 2. The van der Waals surface area contributed by atoms with Crippen LogP contribution in [0.1, 0.15) is 5.56 Å². The van der Waals surface area contributed by atoms with Crippen LogP contribution in [0, 0.1) is 5.82 Å². The molecule has 1 aromatic heterocycles. The molecule has 1 heterocycles. The van der Waals surface area contributed by atoms with Crippen molar-refractivity contribution < 1.29 is 9.18 Å². The lowest BCUT2D eigenvalue weighted by atomic mass is 10.2. The van der Waals surface area contributed by atoms with Gasteiger partial charge in [0.15, 0.2) is 5.82 Å². The van der Waals surface area contributed by atoms with Crippen LogP contribution < -0.4 is 11.0 Å². The second-order valence-electron chi connectivity index (χ2n) is 6.43. The molecule has 0 saturated heterocycles. The molecule has 0 atom stereocenters. The summed E-state index contributed by atoms with van der Waals surface area (Å²) in [5, 5.41) is 0.844. The zero-order valence-corrected chi connectivity index (χ0v) is 16.3. The Kier molecular flexibility index (Phi) is 5.41. The van der Waals surface area contributed by atoms with Gasteiger partial charge in [0.05, 0.1) is 10.9 Å². The topological polar surface area (TPSA) is 64.0 Å². The van der Waals surface area contributed by atoms with E-state index in [1.54, 1.807) is 54.6 Å². The molecule has 3 aromatic carbocycles. The molecule has 0 spiro atoms. The average molecular weight is 420 g/mol. The maximum atomic E-state index is 13.4. The van der Waals surface area contributed by atoms with Gasteiger partial charge >= 0.3 is 0 Å². The minimum absolute atomic E-state index is 0.193. The van der Waals surface area contributed by atoms with Gasteiger partial charge in [-0.1, -0.05) is 41.9 Å². The highest BCUT2D eigenvalue weighted by molar-refractivity contribution is 6.32. The summed E-state index contributed by atoms with van der Waals surface area (Å²) in [6.07, 6.45) is 2.83. The van der Waals surface area contributed by atoms with E-state index >= 15 is 0 Å². The fraction of sp³-hybridized carbons (Fsp3) is 0. The van der Waals surface area contributed by atoms with E-state index in [9.17, 15) is 14.0 Å². The third kappa shape index (κ3) is 3.99. The summed E-state index contributed by atoms with van der Waals surface area (Å²) in [4.78, 5) is 30.1. The van der Waals surface area contributed by atoms with Crippen molar-refractivity contribution in [1.82, 2.24) is 9.66 Å². The summed E-state index contributed by atoms with van der Waals surface area (Å²) in [7, 11) is 0. The molecule has 0 aliphatic rings.